The first-order valence-electron chi connectivity index (χ1n) is 8.82. The highest BCUT2D eigenvalue weighted by molar-refractivity contribution is 8.01. The summed E-state index contributed by atoms with van der Waals surface area (Å²) in [5.41, 5.74) is 2.02. The number of thioether (sulfide) groups is 1. The van der Waals surface area contributed by atoms with E-state index in [2.05, 4.69) is 34.7 Å². The molecule has 140 valence electrons. The third kappa shape index (κ3) is 5.43. The molecule has 1 unspecified atom stereocenters. The number of carbonyl (C=O) groups excluding carboxylic acids is 1. The van der Waals surface area contributed by atoms with Gasteiger partial charge in [-0.2, -0.15) is 0 Å². The highest BCUT2D eigenvalue weighted by Crippen LogP contribution is 2.27. The largest absolute Gasteiger partial charge is 0.376 e. The van der Waals surface area contributed by atoms with Crippen LogP contribution in [0.1, 0.15) is 38.2 Å². The van der Waals surface area contributed by atoms with E-state index in [4.69, 9.17) is 4.74 Å². The average Bonchev–Trinajstić information content (AvgIpc) is 3.30. The minimum absolute atomic E-state index is 0.0350. The molecule has 1 aromatic heterocycles. The zero-order chi connectivity index (χ0) is 18.4. The Balaban J connectivity index is 1.46. The fourth-order valence-electron chi connectivity index (χ4n) is 2.77. The molecule has 1 fully saturated rings. The standard InChI is InChI=1S/C18H24N4O2S2/c1-12(2)14-7-3-4-8-15(14)20-16(23)11-25-18-22-21-17(26-18)19-10-13-6-5-9-24-13/h3-4,7-8,12-13H,5-6,9-11H2,1-2H3,(H,19,21)(H,20,23). The van der Waals surface area contributed by atoms with Gasteiger partial charge in [0.2, 0.25) is 11.0 Å². The molecule has 0 saturated carbocycles. The molecule has 0 spiro atoms. The van der Waals surface area contributed by atoms with E-state index in [9.17, 15) is 4.79 Å². The number of nitrogens with zero attached hydrogens (tertiary/aromatic N) is 2. The Morgan fingerprint density at radius 3 is 3.00 bits per heavy atom. The summed E-state index contributed by atoms with van der Waals surface area (Å²) in [6, 6.07) is 7.91. The minimum atomic E-state index is -0.0350. The second kappa shape index (κ2) is 9.34. The maximum Gasteiger partial charge on any atom is 0.234 e. The minimum Gasteiger partial charge on any atom is -0.376 e. The molecule has 2 heterocycles. The summed E-state index contributed by atoms with van der Waals surface area (Å²) < 4.78 is 6.36. The lowest BCUT2D eigenvalue weighted by Crippen LogP contribution is -2.18. The number of nitrogens with one attached hydrogen (secondary N) is 2. The molecule has 8 heteroatoms. The Labute approximate surface area is 162 Å². The van der Waals surface area contributed by atoms with Crippen molar-refractivity contribution < 1.29 is 9.53 Å². The third-order valence-electron chi connectivity index (χ3n) is 4.10. The molecule has 1 saturated heterocycles. The van der Waals surface area contributed by atoms with Crippen molar-refractivity contribution >= 4 is 39.8 Å². The Bertz CT molecular complexity index is 729. The van der Waals surface area contributed by atoms with Crippen molar-refractivity contribution in [3.8, 4) is 0 Å². The number of anilines is 2. The Kier molecular flexibility index (Phi) is 6.87. The van der Waals surface area contributed by atoms with Gasteiger partial charge in [-0.05, 0) is 30.4 Å². The first-order valence-corrected chi connectivity index (χ1v) is 10.6. The van der Waals surface area contributed by atoms with E-state index < -0.39 is 0 Å². The topological polar surface area (TPSA) is 76.1 Å². The van der Waals surface area contributed by atoms with E-state index in [0.717, 1.165) is 46.7 Å². The Morgan fingerprint density at radius 2 is 2.23 bits per heavy atom. The van der Waals surface area contributed by atoms with Gasteiger partial charge in [-0.1, -0.05) is 55.1 Å². The predicted octanol–water partition coefficient (Wildman–Crippen LogP) is 3.98. The van der Waals surface area contributed by atoms with Gasteiger partial charge in [-0.15, -0.1) is 10.2 Å². The van der Waals surface area contributed by atoms with E-state index in [1.54, 1.807) is 0 Å². The van der Waals surface area contributed by atoms with Crippen LogP contribution in [0.25, 0.3) is 0 Å². The predicted molar refractivity (Wildman–Crippen MR) is 107 cm³/mol. The van der Waals surface area contributed by atoms with Crippen molar-refractivity contribution in [2.24, 2.45) is 0 Å². The maximum atomic E-state index is 12.3. The van der Waals surface area contributed by atoms with Gasteiger partial charge in [0.05, 0.1) is 11.9 Å². The monoisotopic (exact) mass is 392 g/mol. The molecule has 6 nitrogen and oxygen atoms in total. The van der Waals surface area contributed by atoms with Crippen LogP contribution in [0.15, 0.2) is 28.6 Å². The van der Waals surface area contributed by atoms with Crippen molar-refractivity contribution in [3.63, 3.8) is 0 Å². The van der Waals surface area contributed by atoms with E-state index in [0.29, 0.717) is 11.7 Å². The van der Waals surface area contributed by atoms with Crippen molar-refractivity contribution in [3.05, 3.63) is 29.8 Å². The third-order valence-corrected chi connectivity index (χ3v) is 6.11. The molecule has 0 aliphatic carbocycles. The number of hydrogen-bond donors (Lipinski definition) is 2. The molecule has 2 N–H and O–H groups in total. The van der Waals surface area contributed by atoms with Crippen LogP contribution in [0.5, 0.6) is 0 Å². The maximum absolute atomic E-state index is 12.3. The number of ether oxygens (including phenoxy) is 1. The van der Waals surface area contributed by atoms with Crippen LogP contribution in [-0.2, 0) is 9.53 Å². The number of aromatic nitrogens is 2. The lowest BCUT2D eigenvalue weighted by Gasteiger charge is -2.13. The van der Waals surface area contributed by atoms with Crippen LogP contribution in [0.4, 0.5) is 10.8 Å². The molecule has 26 heavy (non-hydrogen) atoms. The molecule has 1 amide bonds. The van der Waals surface area contributed by atoms with Gasteiger partial charge in [-0.3, -0.25) is 4.79 Å². The van der Waals surface area contributed by atoms with Gasteiger partial charge in [0.1, 0.15) is 0 Å². The molecule has 1 aliphatic heterocycles. The SMILES string of the molecule is CC(C)c1ccccc1NC(=O)CSc1nnc(NCC2CCCO2)s1. The lowest BCUT2D eigenvalue weighted by atomic mass is 10.0. The molecular formula is C18H24N4O2S2. The Morgan fingerprint density at radius 1 is 1.38 bits per heavy atom. The van der Waals surface area contributed by atoms with Crippen LogP contribution < -0.4 is 10.6 Å². The number of carbonyl (C=O) groups is 1. The number of para-hydroxylation sites is 1. The molecule has 1 aliphatic rings. The van der Waals surface area contributed by atoms with Crippen LogP contribution >= 0.6 is 23.1 Å². The first-order chi connectivity index (χ1) is 12.6. The van der Waals surface area contributed by atoms with Gasteiger partial charge in [0.25, 0.3) is 0 Å². The van der Waals surface area contributed by atoms with Crippen LogP contribution in [0.2, 0.25) is 0 Å². The highest BCUT2D eigenvalue weighted by Gasteiger charge is 2.16. The van der Waals surface area contributed by atoms with E-state index in [1.165, 1.54) is 23.1 Å². The summed E-state index contributed by atoms with van der Waals surface area (Å²) in [5.74, 6) is 0.638. The normalized spacial score (nSPS) is 16.8. The Hall–Kier alpha value is -1.64. The second-order valence-corrected chi connectivity index (χ2v) is 8.67. The van der Waals surface area contributed by atoms with Gasteiger partial charge < -0.3 is 15.4 Å². The fraction of sp³-hybridized carbons (Fsp3) is 0.500. The first kappa shape index (κ1) is 19.1. The molecule has 1 aromatic carbocycles. The lowest BCUT2D eigenvalue weighted by molar-refractivity contribution is -0.113. The zero-order valence-corrected chi connectivity index (χ0v) is 16.7. The smallest absolute Gasteiger partial charge is 0.234 e. The second-order valence-electron chi connectivity index (χ2n) is 6.47. The van der Waals surface area contributed by atoms with Crippen molar-refractivity contribution in [1.82, 2.24) is 10.2 Å². The van der Waals surface area contributed by atoms with E-state index in [1.807, 2.05) is 24.3 Å². The number of hydrogen-bond acceptors (Lipinski definition) is 7. The van der Waals surface area contributed by atoms with Crippen molar-refractivity contribution in [1.29, 1.82) is 0 Å². The van der Waals surface area contributed by atoms with E-state index in [-0.39, 0.29) is 12.0 Å². The molecule has 0 bridgehead atoms. The summed E-state index contributed by atoms with van der Waals surface area (Å²) in [6.07, 6.45) is 2.48. The summed E-state index contributed by atoms with van der Waals surface area (Å²) >= 11 is 2.87. The quantitative estimate of drug-likeness (QED) is 0.662. The summed E-state index contributed by atoms with van der Waals surface area (Å²) in [4.78, 5) is 12.3. The molecule has 3 rings (SSSR count). The van der Waals surface area contributed by atoms with Gasteiger partial charge >= 0.3 is 0 Å². The zero-order valence-electron chi connectivity index (χ0n) is 15.0. The fourth-order valence-corrected chi connectivity index (χ4v) is 4.33. The van der Waals surface area contributed by atoms with Gasteiger partial charge in [-0.25, -0.2) is 0 Å². The summed E-state index contributed by atoms with van der Waals surface area (Å²) in [7, 11) is 0. The van der Waals surface area contributed by atoms with Crippen molar-refractivity contribution in [2.75, 3.05) is 29.5 Å². The van der Waals surface area contributed by atoms with Crippen LogP contribution in [0.3, 0.4) is 0 Å². The number of amides is 1. The highest BCUT2D eigenvalue weighted by atomic mass is 32.2. The van der Waals surface area contributed by atoms with E-state index >= 15 is 0 Å². The molecule has 0 radical (unpaired) electrons. The molecule has 2 aromatic rings. The molecule has 1 atom stereocenters. The average molecular weight is 393 g/mol. The van der Waals surface area contributed by atoms with Crippen LogP contribution in [-0.4, -0.2) is 41.1 Å². The summed E-state index contributed by atoms with van der Waals surface area (Å²) in [5, 5.41) is 15.3. The van der Waals surface area contributed by atoms with Crippen LogP contribution in [0, 0.1) is 0 Å². The van der Waals surface area contributed by atoms with Gasteiger partial charge in [0, 0.05) is 18.8 Å². The summed E-state index contributed by atoms with van der Waals surface area (Å²) in [6.45, 7) is 5.84. The molecular weight excluding hydrogens is 368 g/mol. The number of benzene rings is 1. The number of rotatable bonds is 8. The van der Waals surface area contributed by atoms with Gasteiger partial charge in [0.15, 0.2) is 4.34 Å². The van der Waals surface area contributed by atoms with Crippen molar-refractivity contribution in [2.45, 2.75) is 43.1 Å².